The van der Waals surface area contributed by atoms with Gasteiger partial charge in [0.1, 0.15) is 4.90 Å². The fourth-order valence-corrected chi connectivity index (χ4v) is 3.51. The molecular formula is C13H21ClN2O3S. The normalized spacial score (nSPS) is 12.1. The van der Waals surface area contributed by atoms with Gasteiger partial charge in [-0.15, -0.1) is 0 Å². The molecule has 1 aromatic carbocycles. The van der Waals surface area contributed by atoms with Gasteiger partial charge in [-0.05, 0) is 31.2 Å². The first-order valence-electron chi connectivity index (χ1n) is 6.31. The zero-order valence-electron chi connectivity index (χ0n) is 12.0. The molecule has 0 aliphatic carbocycles. The lowest BCUT2D eigenvalue weighted by molar-refractivity contribution is 0.189. The number of rotatable bonds is 8. The smallest absolute Gasteiger partial charge is 0.244 e. The SMILES string of the molecule is CNCc1ccc(Cl)c(S(=O)(=O)N(C)CCCOC)c1. The topological polar surface area (TPSA) is 58.6 Å². The molecule has 0 saturated heterocycles. The summed E-state index contributed by atoms with van der Waals surface area (Å²) in [5.74, 6) is 0. The van der Waals surface area contributed by atoms with Crippen LogP contribution in [0.15, 0.2) is 23.1 Å². The van der Waals surface area contributed by atoms with Crippen LogP contribution < -0.4 is 5.32 Å². The van der Waals surface area contributed by atoms with Crippen LogP contribution in [-0.2, 0) is 21.3 Å². The van der Waals surface area contributed by atoms with Gasteiger partial charge in [0, 0.05) is 33.9 Å². The number of benzene rings is 1. The van der Waals surface area contributed by atoms with E-state index >= 15 is 0 Å². The third-order valence-electron chi connectivity index (χ3n) is 2.89. The van der Waals surface area contributed by atoms with Crippen LogP contribution >= 0.6 is 11.6 Å². The molecule has 114 valence electrons. The van der Waals surface area contributed by atoms with Crippen molar-refractivity contribution in [2.75, 3.05) is 34.4 Å². The third kappa shape index (κ3) is 4.43. The fourth-order valence-electron chi connectivity index (χ4n) is 1.78. The lowest BCUT2D eigenvalue weighted by Gasteiger charge is -2.18. The van der Waals surface area contributed by atoms with Crippen LogP contribution in [0.1, 0.15) is 12.0 Å². The minimum absolute atomic E-state index is 0.145. The molecule has 0 unspecified atom stereocenters. The van der Waals surface area contributed by atoms with Gasteiger partial charge in [0.25, 0.3) is 0 Å². The summed E-state index contributed by atoms with van der Waals surface area (Å²) in [4.78, 5) is 0.145. The second kappa shape index (κ2) is 7.95. The summed E-state index contributed by atoms with van der Waals surface area (Å²) < 4.78 is 31.2. The zero-order valence-corrected chi connectivity index (χ0v) is 13.6. The van der Waals surface area contributed by atoms with Crippen molar-refractivity contribution in [3.63, 3.8) is 0 Å². The van der Waals surface area contributed by atoms with Gasteiger partial charge in [0.05, 0.1) is 5.02 Å². The summed E-state index contributed by atoms with van der Waals surface area (Å²) in [6.07, 6.45) is 0.639. The molecule has 0 heterocycles. The maximum absolute atomic E-state index is 12.5. The average Bonchev–Trinajstić information content (AvgIpc) is 2.41. The number of halogens is 1. The highest BCUT2D eigenvalue weighted by atomic mass is 35.5. The van der Waals surface area contributed by atoms with Crippen LogP contribution in [0.4, 0.5) is 0 Å². The quantitative estimate of drug-likeness (QED) is 0.741. The van der Waals surface area contributed by atoms with E-state index in [0.29, 0.717) is 26.1 Å². The van der Waals surface area contributed by atoms with Crippen LogP contribution in [0.2, 0.25) is 5.02 Å². The van der Waals surface area contributed by atoms with E-state index in [-0.39, 0.29) is 9.92 Å². The predicted molar refractivity (Wildman–Crippen MR) is 80.5 cm³/mol. The van der Waals surface area contributed by atoms with Gasteiger partial charge in [0.15, 0.2) is 0 Å². The van der Waals surface area contributed by atoms with E-state index in [9.17, 15) is 8.42 Å². The number of nitrogens with zero attached hydrogens (tertiary/aromatic N) is 1. The molecule has 7 heteroatoms. The Hall–Kier alpha value is -0.660. The van der Waals surface area contributed by atoms with Crippen LogP contribution in [0, 0.1) is 0 Å². The van der Waals surface area contributed by atoms with Crippen molar-refractivity contribution in [2.24, 2.45) is 0 Å². The molecule has 0 atom stereocenters. The Morgan fingerprint density at radius 3 is 2.70 bits per heavy atom. The summed E-state index contributed by atoms with van der Waals surface area (Å²) in [5.41, 5.74) is 0.876. The van der Waals surface area contributed by atoms with E-state index < -0.39 is 10.0 Å². The van der Waals surface area contributed by atoms with E-state index in [1.165, 1.54) is 4.31 Å². The Labute approximate surface area is 125 Å². The molecule has 1 aromatic rings. The first kappa shape index (κ1) is 17.4. The van der Waals surface area contributed by atoms with Crippen LogP contribution in [-0.4, -0.2) is 47.1 Å². The Balaban J connectivity index is 2.98. The number of nitrogens with one attached hydrogen (secondary N) is 1. The molecule has 0 amide bonds. The van der Waals surface area contributed by atoms with Crippen molar-refractivity contribution in [2.45, 2.75) is 17.9 Å². The molecule has 0 saturated carbocycles. The number of sulfonamides is 1. The highest BCUT2D eigenvalue weighted by molar-refractivity contribution is 7.89. The van der Waals surface area contributed by atoms with Crippen molar-refractivity contribution < 1.29 is 13.2 Å². The molecule has 0 spiro atoms. The zero-order chi connectivity index (χ0) is 15.2. The van der Waals surface area contributed by atoms with Crippen molar-refractivity contribution >= 4 is 21.6 Å². The molecule has 0 aliphatic heterocycles. The Morgan fingerprint density at radius 1 is 1.40 bits per heavy atom. The molecule has 0 fully saturated rings. The van der Waals surface area contributed by atoms with Crippen molar-refractivity contribution in [3.05, 3.63) is 28.8 Å². The Bertz CT molecular complexity index is 534. The molecular weight excluding hydrogens is 300 g/mol. The van der Waals surface area contributed by atoms with E-state index in [4.69, 9.17) is 16.3 Å². The molecule has 0 bridgehead atoms. The third-order valence-corrected chi connectivity index (χ3v) is 5.22. The number of hydrogen-bond acceptors (Lipinski definition) is 4. The summed E-state index contributed by atoms with van der Waals surface area (Å²) >= 11 is 6.04. The molecule has 0 aromatic heterocycles. The van der Waals surface area contributed by atoms with Crippen molar-refractivity contribution in [1.29, 1.82) is 0 Å². The van der Waals surface area contributed by atoms with Gasteiger partial charge >= 0.3 is 0 Å². The summed E-state index contributed by atoms with van der Waals surface area (Å²) in [7, 11) is 1.37. The minimum Gasteiger partial charge on any atom is -0.385 e. The summed E-state index contributed by atoms with van der Waals surface area (Å²) in [6.45, 7) is 1.50. The van der Waals surface area contributed by atoms with Crippen molar-refractivity contribution in [3.8, 4) is 0 Å². The summed E-state index contributed by atoms with van der Waals surface area (Å²) in [6, 6.07) is 5.04. The van der Waals surface area contributed by atoms with Gasteiger partial charge < -0.3 is 10.1 Å². The average molecular weight is 321 g/mol. The van der Waals surface area contributed by atoms with E-state index in [1.807, 2.05) is 6.07 Å². The fraction of sp³-hybridized carbons (Fsp3) is 0.538. The first-order chi connectivity index (χ1) is 9.43. The molecule has 0 aliphatic rings. The molecule has 1 rings (SSSR count). The standard InChI is InChI=1S/C13H21ClN2O3S/c1-15-10-11-5-6-12(14)13(9-11)20(17,18)16(2)7-4-8-19-3/h5-6,9,15H,4,7-8,10H2,1-3H3. The van der Waals surface area contributed by atoms with Crippen molar-refractivity contribution in [1.82, 2.24) is 9.62 Å². The minimum atomic E-state index is -3.57. The van der Waals surface area contributed by atoms with Crippen LogP contribution in [0.5, 0.6) is 0 Å². The predicted octanol–water partition coefficient (Wildman–Crippen LogP) is 1.72. The van der Waals surface area contributed by atoms with E-state index in [0.717, 1.165) is 5.56 Å². The maximum Gasteiger partial charge on any atom is 0.244 e. The van der Waals surface area contributed by atoms with E-state index in [1.54, 1.807) is 33.3 Å². The van der Waals surface area contributed by atoms with Gasteiger partial charge in [-0.1, -0.05) is 17.7 Å². The van der Waals surface area contributed by atoms with Gasteiger partial charge in [-0.2, -0.15) is 0 Å². The Morgan fingerprint density at radius 2 is 2.10 bits per heavy atom. The highest BCUT2D eigenvalue weighted by Gasteiger charge is 2.23. The lowest BCUT2D eigenvalue weighted by atomic mass is 10.2. The first-order valence-corrected chi connectivity index (χ1v) is 8.13. The van der Waals surface area contributed by atoms with Crippen LogP contribution in [0.3, 0.4) is 0 Å². The summed E-state index contributed by atoms with van der Waals surface area (Å²) in [5, 5.41) is 3.22. The molecule has 5 nitrogen and oxygen atoms in total. The van der Waals surface area contributed by atoms with Gasteiger partial charge in [-0.3, -0.25) is 0 Å². The number of methoxy groups -OCH3 is 1. The molecule has 1 N–H and O–H groups in total. The highest BCUT2D eigenvalue weighted by Crippen LogP contribution is 2.25. The maximum atomic E-state index is 12.5. The van der Waals surface area contributed by atoms with Gasteiger partial charge in [-0.25, -0.2) is 12.7 Å². The molecule has 0 radical (unpaired) electrons. The molecule has 20 heavy (non-hydrogen) atoms. The van der Waals surface area contributed by atoms with Gasteiger partial charge in [0.2, 0.25) is 10.0 Å². The lowest BCUT2D eigenvalue weighted by Crippen LogP contribution is -2.29. The second-order valence-electron chi connectivity index (χ2n) is 4.47. The Kier molecular flexibility index (Phi) is 6.91. The number of hydrogen-bond donors (Lipinski definition) is 1. The number of ether oxygens (including phenoxy) is 1. The monoisotopic (exact) mass is 320 g/mol. The second-order valence-corrected chi connectivity index (χ2v) is 6.89. The van der Waals surface area contributed by atoms with E-state index in [2.05, 4.69) is 5.32 Å². The van der Waals surface area contributed by atoms with Crippen LogP contribution in [0.25, 0.3) is 0 Å². The largest absolute Gasteiger partial charge is 0.385 e.